The molecule has 7 nitrogen and oxygen atoms in total. The first-order valence-corrected chi connectivity index (χ1v) is 9.54. The lowest BCUT2D eigenvalue weighted by atomic mass is 10.1. The van der Waals surface area contributed by atoms with E-state index >= 15 is 0 Å². The Morgan fingerprint density at radius 1 is 1.03 bits per heavy atom. The SMILES string of the molecule is CCNC(=NCC(O)c1cc(OC)ccc1OC)N(C)Cc1ccc(OC)cc1. The summed E-state index contributed by atoms with van der Waals surface area (Å²) in [6.45, 7) is 3.61. The van der Waals surface area contributed by atoms with Crippen molar-refractivity contribution in [2.45, 2.75) is 19.6 Å². The van der Waals surface area contributed by atoms with E-state index in [4.69, 9.17) is 14.2 Å². The lowest BCUT2D eigenvalue weighted by Gasteiger charge is -2.23. The molecule has 7 heteroatoms. The topological polar surface area (TPSA) is 75.6 Å². The third-order valence-corrected chi connectivity index (χ3v) is 4.49. The van der Waals surface area contributed by atoms with E-state index in [1.165, 1.54) is 0 Å². The molecule has 0 saturated carbocycles. The first-order chi connectivity index (χ1) is 14.0. The fraction of sp³-hybridized carbons (Fsp3) is 0.409. The molecule has 0 aliphatic rings. The van der Waals surface area contributed by atoms with Gasteiger partial charge in [-0.3, -0.25) is 4.99 Å². The second-order valence-corrected chi connectivity index (χ2v) is 6.52. The summed E-state index contributed by atoms with van der Waals surface area (Å²) in [6, 6.07) is 13.3. The van der Waals surface area contributed by atoms with Crippen LogP contribution < -0.4 is 19.5 Å². The molecule has 2 rings (SSSR count). The molecule has 0 bridgehead atoms. The van der Waals surface area contributed by atoms with Gasteiger partial charge in [0, 0.05) is 25.7 Å². The van der Waals surface area contributed by atoms with Gasteiger partial charge in [-0.15, -0.1) is 0 Å². The number of benzene rings is 2. The fourth-order valence-electron chi connectivity index (χ4n) is 2.92. The second kappa shape index (κ2) is 11.2. The molecule has 158 valence electrons. The van der Waals surface area contributed by atoms with Crippen LogP contribution in [-0.4, -0.2) is 57.4 Å². The number of rotatable bonds is 9. The number of methoxy groups -OCH3 is 3. The molecule has 1 unspecified atom stereocenters. The molecular weight excluding hydrogens is 370 g/mol. The van der Waals surface area contributed by atoms with Crippen LogP contribution in [0.1, 0.15) is 24.2 Å². The van der Waals surface area contributed by atoms with E-state index in [9.17, 15) is 5.11 Å². The molecule has 0 aliphatic heterocycles. The lowest BCUT2D eigenvalue weighted by molar-refractivity contribution is 0.181. The van der Waals surface area contributed by atoms with Crippen LogP contribution in [0.2, 0.25) is 0 Å². The van der Waals surface area contributed by atoms with Crippen LogP contribution in [0.4, 0.5) is 0 Å². The summed E-state index contributed by atoms with van der Waals surface area (Å²) in [4.78, 5) is 6.63. The lowest BCUT2D eigenvalue weighted by Crippen LogP contribution is -2.38. The van der Waals surface area contributed by atoms with E-state index in [0.29, 0.717) is 29.6 Å². The minimum Gasteiger partial charge on any atom is -0.497 e. The number of hydrogen-bond acceptors (Lipinski definition) is 5. The van der Waals surface area contributed by atoms with E-state index in [0.717, 1.165) is 17.9 Å². The maximum absolute atomic E-state index is 10.7. The van der Waals surface area contributed by atoms with Crippen LogP contribution in [0.3, 0.4) is 0 Å². The highest BCUT2D eigenvalue weighted by Gasteiger charge is 2.15. The number of aliphatic hydroxyl groups is 1. The highest BCUT2D eigenvalue weighted by molar-refractivity contribution is 5.79. The average Bonchev–Trinajstić information content (AvgIpc) is 2.76. The van der Waals surface area contributed by atoms with Crippen molar-refractivity contribution >= 4 is 5.96 Å². The number of aliphatic hydroxyl groups excluding tert-OH is 1. The predicted octanol–water partition coefficient (Wildman–Crippen LogP) is 2.84. The van der Waals surface area contributed by atoms with E-state index < -0.39 is 6.10 Å². The van der Waals surface area contributed by atoms with Crippen LogP contribution in [0.5, 0.6) is 17.2 Å². The highest BCUT2D eigenvalue weighted by atomic mass is 16.5. The summed E-state index contributed by atoms with van der Waals surface area (Å²) in [5.74, 6) is 2.80. The minimum absolute atomic E-state index is 0.193. The van der Waals surface area contributed by atoms with Gasteiger partial charge in [0.2, 0.25) is 0 Å². The quantitative estimate of drug-likeness (QED) is 0.497. The molecule has 29 heavy (non-hydrogen) atoms. The van der Waals surface area contributed by atoms with Gasteiger partial charge in [0.1, 0.15) is 23.4 Å². The molecule has 2 aromatic carbocycles. The van der Waals surface area contributed by atoms with Crippen LogP contribution >= 0.6 is 0 Å². The summed E-state index contributed by atoms with van der Waals surface area (Å²) in [5.41, 5.74) is 1.78. The van der Waals surface area contributed by atoms with E-state index in [-0.39, 0.29) is 6.54 Å². The van der Waals surface area contributed by atoms with Crippen molar-refractivity contribution in [3.63, 3.8) is 0 Å². The number of aliphatic imine (C=N–C) groups is 1. The molecule has 2 aromatic rings. The summed E-state index contributed by atoms with van der Waals surface area (Å²) in [5, 5.41) is 14.0. The van der Waals surface area contributed by atoms with Gasteiger partial charge < -0.3 is 29.5 Å². The number of nitrogens with one attached hydrogen (secondary N) is 1. The Balaban J connectivity index is 2.12. The number of hydrogen-bond donors (Lipinski definition) is 2. The smallest absolute Gasteiger partial charge is 0.194 e. The van der Waals surface area contributed by atoms with Crippen LogP contribution in [0.15, 0.2) is 47.5 Å². The van der Waals surface area contributed by atoms with Crippen LogP contribution in [0, 0.1) is 0 Å². The molecule has 2 N–H and O–H groups in total. The van der Waals surface area contributed by atoms with Gasteiger partial charge in [0.05, 0.1) is 27.9 Å². The summed E-state index contributed by atoms with van der Waals surface area (Å²) in [6.07, 6.45) is -0.817. The highest BCUT2D eigenvalue weighted by Crippen LogP contribution is 2.29. The van der Waals surface area contributed by atoms with E-state index in [1.54, 1.807) is 39.5 Å². The van der Waals surface area contributed by atoms with Gasteiger partial charge in [0.15, 0.2) is 5.96 Å². The van der Waals surface area contributed by atoms with E-state index in [1.807, 2.05) is 43.1 Å². The first kappa shape index (κ1) is 22.4. The molecule has 0 saturated heterocycles. The zero-order chi connectivity index (χ0) is 21.2. The van der Waals surface area contributed by atoms with Crippen molar-refractivity contribution in [1.82, 2.24) is 10.2 Å². The molecule has 0 amide bonds. The van der Waals surface area contributed by atoms with Crippen LogP contribution in [-0.2, 0) is 6.54 Å². The monoisotopic (exact) mass is 401 g/mol. The van der Waals surface area contributed by atoms with Gasteiger partial charge in [0.25, 0.3) is 0 Å². The Morgan fingerprint density at radius 2 is 1.69 bits per heavy atom. The molecule has 0 aromatic heterocycles. The van der Waals surface area contributed by atoms with Crippen LogP contribution in [0.25, 0.3) is 0 Å². The number of nitrogens with zero attached hydrogens (tertiary/aromatic N) is 2. The maximum Gasteiger partial charge on any atom is 0.194 e. The van der Waals surface area contributed by atoms with Gasteiger partial charge in [-0.2, -0.15) is 0 Å². The summed E-state index contributed by atoms with van der Waals surface area (Å²) >= 11 is 0. The predicted molar refractivity (Wildman–Crippen MR) is 115 cm³/mol. The Hall–Kier alpha value is -2.93. The van der Waals surface area contributed by atoms with Crippen molar-refractivity contribution < 1.29 is 19.3 Å². The van der Waals surface area contributed by atoms with Crippen molar-refractivity contribution in [2.24, 2.45) is 4.99 Å². The first-order valence-electron chi connectivity index (χ1n) is 9.54. The molecule has 0 aliphatic carbocycles. The Bertz CT molecular complexity index is 793. The zero-order valence-corrected chi connectivity index (χ0v) is 17.8. The average molecular weight is 402 g/mol. The second-order valence-electron chi connectivity index (χ2n) is 6.52. The number of ether oxygens (including phenoxy) is 3. The normalized spacial score (nSPS) is 12.3. The molecular formula is C22H31N3O4. The molecule has 0 spiro atoms. The standard InChI is InChI=1S/C22H31N3O4/c1-6-23-22(25(2)15-16-7-9-17(27-3)10-8-16)24-14-20(26)19-13-18(28-4)11-12-21(19)29-5/h7-13,20,26H,6,14-15H2,1-5H3,(H,23,24). The molecule has 0 fully saturated rings. The summed E-state index contributed by atoms with van der Waals surface area (Å²) < 4.78 is 15.8. The fourth-order valence-corrected chi connectivity index (χ4v) is 2.92. The van der Waals surface area contributed by atoms with Gasteiger partial charge >= 0.3 is 0 Å². The number of guanidine groups is 1. The van der Waals surface area contributed by atoms with Gasteiger partial charge in [-0.25, -0.2) is 0 Å². The third-order valence-electron chi connectivity index (χ3n) is 4.49. The zero-order valence-electron chi connectivity index (χ0n) is 17.8. The van der Waals surface area contributed by atoms with Gasteiger partial charge in [-0.05, 0) is 42.8 Å². The van der Waals surface area contributed by atoms with Crippen molar-refractivity contribution in [1.29, 1.82) is 0 Å². The Morgan fingerprint density at radius 3 is 2.28 bits per heavy atom. The molecule has 1 atom stereocenters. The van der Waals surface area contributed by atoms with Crippen molar-refractivity contribution in [3.8, 4) is 17.2 Å². The molecule has 0 radical (unpaired) electrons. The van der Waals surface area contributed by atoms with Gasteiger partial charge in [-0.1, -0.05) is 12.1 Å². The summed E-state index contributed by atoms with van der Waals surface area (Å²) in [7, 11) is 6.78. The van der Waals surface area contributed by atoms with Crippen molar-refractivity contribution in [2.75, 3.05) is 41.5 Å². The van der Waals surface area contributed by atoms with Crippen molar-refractivity contribution in [3.05, 3.63) is 53.6 Å². The minimum atomic E-state index is -0.817. The van der Waals surface area contributed by atoms with E-state index in [2.05, 4.69) is 10.3 Å². The third kappa shape index (κ3) is 6.29. The molecule has 0 heterocycles. The Labute approximate surface area is 172 Å². The largest absolute Gasteiger partial charge is 0.497 e. The Kier molecular flexibility index (Phi) is 8.61. The maximum atomic E-state index is 10.7.